The van der Waals surface area contributed by atoms with Crippen molar-refractivity contribution < 1.29 is 14.6 Å². The van der Waals surface area contributed by atoms with E-state index in [9.17, 15) is 14.7 Å². The number of hydrogen-bond donors (Lipinski definition) is 2. The highest BCUT2D eigenvalue weighted by atomic mass is 32.2. The molecule has 0 saturated heterocycles. The molecule has 1 amide bonds. The fourth-order valence-corrected chi connectivity index (χ4v) is 5.02. The third-order valence-electron chi connectivity index (χ3n) is 6.34. The normalized spacial score (nSPS) is 15.5. The van der Waals surface area contributed by atoms with Crippen LogP contribution in [0, 0.1) is 0 Å². The molecule has 184 valence electrons. The van der Waals surface area contributed by atoms with Gasteiger partial charge < -0.3 is 5.11 Å². The smallest absolute Gasteiger partial charge is 0.325 e. The molecule has 2 aromatic carbocycles. The molecule has 3 aromatic rings. The number of fused-ring (bicyclic) bond motifs is 3. The Balaban J connectivity index is 2.15. The molecule has 0 fully saturated rings. The molecule has 8 heteroatoms. The first-order valence-electron chi connectivity index (χ1n) is 11.6. The van der Waals surface area contributed by atoms with Gasteiger partial charge in [-0.3, -0.25) is 14.6 Å². The van der Waals surface area contributed by atoms with Crippen LogP contribution in [0.4, 0.5) is 5.69 Å². The van der Waals surface area contributed by atoms with Gasteiger partial charge in [0.05, 0.1) is 11.3 Å². The number of nitrogens with zero attached hydrogens (tertiary/aromatic N) is 3. The molecule has 0 saturated carbocycles. The van der Waals surface area contributed by atoms with Crippen LogP contribution < -0.4 is 15.1 Å². The minimum Gasteiger partial charge on any atom is -0.507 e. The van der Waals surface area contributed by atoms with Crippen LogP contribution in [0.2, 0.25) is 0 Å². The number of aromatic amines is 1. The summed E-state index contributed by atoms with van der Waals surface area (Å²) >= 11 is 1.33. The van der Waals surface area contributed by atoms with Crippen LogP contribution in [0.15, 0.2) is 46.3 Å². The summed E-state index contributed by atoms with van der Waals surface area (Å²) in [4.78, 5) is 31.0. The van der Waals surface area contributed by atoms with Crippen LogP contribution in [0.3, 0.4) is 0 Å². The van der Waals surface area contributed by atoms with Gasteiger partial charge in [-0.25, -0.2) is 4.90 Å². The second kappa shape index (κ2) is 8.52. The molecule has 2 N–H and O–H groups in total. The summed E-state index contributed by atoms with van der Waals surface area (Å²) in [6.45, 7) is 13.8. The third kappa shape index (κ3) is 4.24. The number of aromatic nitrogens is 3. The van der Waals surface area contributed by atoms with Gasteiger partial charge in [0, 0.05) is 28.7 Å². The number of carbonyl (C=O) groups excluding carboxylic acids is 1. The van der Waals surface area contributed by atoms with Crippen molar-refractivity contribution in [1.82, 2.24) is 10.1 Å². The summed E-state index contributed by atoms with van der Waals surface area (Å²) in [5.41, 5.74) is 3.04. The Hall–Kier alpha value is -3.13. The van der Waals surface area contributed by atoms with Crippen molar-refractivity contribution in [3.8, 4) is 17.0 Å². The Labute approximate surface area is 210 Å². The summed E-state index contributed by atoms with van der Waals surface area (Å²) in [6, 6.07) is 11.3. The van der Waals surface area contributed by atoms with Crippen LogP contribution in [-0.2, 0) is 15.6 Å². The van der Waals surface area contributed by atoms with E-state index in [1.54, 1.807) is 9.58 Å². The lowest BCUT2D eigenvalue weighted by atomic mass is 9.78. The number of anilines is 1. The van der Waals surface area contributed by atoms with Crippen molar-refractivity contribution in [3.63, 3.8) is 0 Å². The van der Waals surface area contributed by atoms with E-state index >= 15 is 0 Å². The van der Waals surface area contributed by atoms with E-state index in [-0.39, 0.29) is 28.0 Å². The number of para-hydroxylation sites is 1. The fourth-order valence-electron chi connectivity index (χ4n) is 4.65. The van der Waals surface area contributed by atoms with Crippen molar-refractivity contribution in [1.29, 1.82) is 0 Å². The number of thioether (sulfide) groups is 1. The van der Waals surface area contributed by atoms with Gasteiger partial charge in [-0.05, 0) is 46.0 Å². The molecule has 1 aromatic heterocycles. The van der Waals surface area contributed by atoms with Gasteiger partial charge in [0.2, 0.25) is 11.1 Å². The molecular weight excluding hydrogens is 460 g/mol. The molecule has 0 unspecified atom stereocenters. The number of rotatable bonds is 2. The molecule has 0 aliphatic carbocycles. The van der Waals surface area contributed by atoms with E-state index in [1.807, 2.05) is 84.2 Å². The van der Waals surface area contributed by atoms with Gasteiger partial charge in [0.15, 0.2) is 0 Å². The largest absolute Gasteiger partial charge is 0.507 e. The first kappa shape index (κ1) is 25.0. The molecular formula is C27H33N4O3S+. The zero-order valence-electron chi connectivity index (χ0n) is 21.6. The highest BCUT2D eigenvalue weighted by Crippen LogP contribution is 2.43. The molecule has 0 spiro atoms. The first-order chi connectivity index (χ1) is 16.3. The summed E-state index contributed by atoms with van der Waals surface area (Å²) in [5, 5.41) is 16.5. The van der Waals surface area contributed by atoms with E-state index in [1.165, 1.54) is 18.7 Å². The number of carbonyl (C=O) groups is 1. The monoisotopic (exact) mass is 493 g/mol. The van der Waals surface area contributed by atoms with Gasteiger partial charge in [0.1, 0.15) is 5.75 Å². The Morgan fingerprint density at radius 2 is 1.66 bits per heavy atom. The lowest BCUT2D eigenvalue weighted by Gasteiger charge is -2.33. The quantitative estimate of drug-likeness (QED) is 0.400. The standard InChI is InChI=1S/C27H32N4O3S/c1-15(32)30-20-12-10-9-11-17(20)21-23(34)28-25(35-8)29-31(21)24(30)16-13-18(26(2,3)4)22(33)19(14-16)27(5,6)7/h9-14,24H,1-8H3,(H-,28,29,33,34)/p+1/t24-/m0/s1. The summed E-state index contributed by atoms with van der Waals surface area (Å²) in [5.74, 6) is 0.0873. The molecule has 1 aliphatic heterocycles. The van der Waals surface area contributed by atoms with Crippen LogP contribution >= 0.6 is 11.8 Å². The van der Waals surface area contributed by atoms with Gasteiger partial charge >= 0.3 is 11.3 Å². The lowest BCUT2D eigenvalue weighted by Crippen LogP contribution is -2.60. The SMILES string of the molecule is CSc1n[n+]2c(c(=O)[nH]1)-c1ccccc1N(C(C)=O)[C@@H]2c1cc(C(C)(C)C)c(O)c(C(C)(C)C)c1. The van der Waals surface area contributed by atoms with Crippen molar-refractivity contribution in [2.45, 2.75) is 70.6 Å². The first-order valence-corrected chi connectivity index (χ1v) is 12.9. The van der Waals surface area contributed by atoms with Crippen molar-refractivity contribution in [2.75, 3.05) is 11.2 Å². The highest BCUT2D eigenvalue weighted by Gasteiger charge is 2.45. The van der Waals surface area contributed by atoms with Gasteiger partial charge in [-0.2, -0.15) is 0 Å². The molecule has 4 rings (SSSR count). The number of phenolic OH excluding ortho intramolecular Hbond substituents is 1. The number of phenols is 1. The Kier molecular flexibility index (Phi) is 6.08. The number of nitrogens with one attached hydrogen (secondary N) is 1. The van der Waals surface area contributed by atoms with E-state index in [0.29, 0.717) is 22.1 Å². The number of hydrogen-bond acceptors (Lipinski definition) is 5. The predicted molar refractivity (Wildman–Crippen MR) is 139 cm³/mol. The van der Waals surface area contributed by atoms with E-state index in [0.717, 1.165) is 16.7 Å². The van der Waals surface area contributed by atoms with Crippen LogP contribution in [0.5, 0.6) is 5.75 Å². The zero-order chi connectivity index (χ0) is 25.9. The molecule has 1 atom stereocenters. The maximum absolute atomic E-state index is 13.3. The fraction of sp³-hybridized carbons (Fsp3) is 0.407. The van der Waals surface area contributed by atoms with Crippen molar-refractivity contribution in [3.05, 3.63) is 63.4 Å². The number of amides is 1. The minimum absolute atomic E-state index is 0.170. The number of benzene rings is 2. The predicted octanol–water partition coefficient (Wildman–Crippen LogP) is 4.66. The van der Waals surface area contributed by atoms with Crippen molar-refractivity contribution in [2.24, 2.45) is 0 Å². The van der Waals surface area contributed by atoms with Gasteiger partial charge in [0.25, 0.3) is 6.17 Å². The molecule has 7 nitrogen and oxygen atoms in total. The Bertz CT molecular complexity index is 1350. The van der Waals surface area contributed by atoms with Crippen LogP contribution in [-0.4, -0.2) is 27.4 Å². The highest BCUT2D eigenvalue weighted by molar-refractivity contribution is 7.98. The Morgan fingerprint density at radius 1 is 1.09 bits per heavy atom. The van der Waals surface area contributed by atoms with Crippen LogP contribution in [0.1, 0.15) is 71.3 Å². The minimum atomic E-state index is -0.701. The summed E-state index contributed by atoms with van der Waals surface area (Å²) < 4.78 is 1.65. The third-order valence-corrected chi connectivity index (χ3v) is 6.91. The van der Waals surface area contributed by atoms with Gasteiger partial charge in [-0.15, -0.1) is 0 Å². The molecule has 0 radical (unpaired) electrons. The molecule has 0 bridgehead atoms. The molecule has 2 heterocycles. The van der Waals surface area contributed by atoms with E-state index in [2.05, 4.69) is 4.98 Å². The van der Waals surface area contributed by atoms with Crippen molar-refractivity contribution >= 4 is 23.4 Å². The molecule has 35 heavy (non-hydrogen) atoms. The maximum atomic E-state index is 13.3. The average molecular weight is 494 g/mol. The van der Waals surface area contributed by atoms with Gasteiger partial charge in [-0.1, -0.05) is 65.4 Å². The zero-order valence-corrected chi connectivity index (χ0v) is 22.4. The number of aromatic hydroxyl groups is 1. The van der Waals surface area contributed by atoms with E-state index in [4.69, 9.17) is 5.10 Å². The van der Waals surface area contributed by atoms with E-state index < -0.39 is 6.17 Å². The second-order valence-corrected chi connectivity index (χ2v) is 11.8. The molecule has 1 aliphatic rings. The average Bonchev–Trinajstić information content (AvgIpc) is 2.76. The number of H-pyrrole nitrogens is 1. The van der Waals surface area contributed by atoms with Crippen LogP contribution in [0.25, 0.3) is 11.3 Å². The lowest BCUT2D eigenvalue weighted by molar-refractivity contribution is -0.763. The topological polar surface area (TPSA) is 90.2 Å². The maximum Gasteiger partial charge on any atom is 0.325 e. The summed E-state index contributed by atoms with van der Waals surface area (Å²) in [6.07, 6.45) is 1.14. The summed E-state index contributed by atoms with van der Waals surface area (Å²) in [7, 11) is 0. The second-order valence-electron chi connectivity index (χ2n) is 11.0. The Morgan fingerprint density at radius 3 is 2.17 bits per heavy atom.